The molecular weight excluding hydrogens is 502 g/mol. The number of halogens is 6. The van der Waals surface area contributed by atoms with Crippen molar-refractivity contribution < 1.29 is 31.1 Å². The lowest BCUT2D eigenvalue weighted by molar-refractivity contribution is -0.257. The van der Waals surface area contributed by atoms with Crippen molar-refractivity contribution in [1.29, 1.82) is 0 Å². The summed E-state index contributed by atoms with van der Waals surface area (Å²) in [7, 11) is 3.13. The third kappa shape index (κ3) is 2.33. The average molecular weight is 523 g/mol. The summed E-state index contributed by atoms with van der Waals surface area (Å²) in [5.74, 6) is -14.9. The van der Waals surface area contributed by atoms with Gasteiger partial charge in [0.2, 0.25) is 0 Å². The Labute approximate surface area is 207 Å². The molecule has 0 radical (unpaired) electrons. The molecule has 2 aromatic rings. The van der Waals surface area contributed by atoms with Gasteiger partial charge in [-0.3, -0.25) is 0 Å². The number of ether oxygens (including phenoxy) is 1. The maximum Gasteiger partial charge on any atom is 0.380 e. The average Bonchev–Trinajstić information content (AvgIpc) is 3.35. The number of allylic oxidation sites excluding steroid dienone is 3. The van der Waals surface area contributed by atoms with E-state index >= 15 is 17.6 Å². The molecule has 0 N–H and O–H groups in total. The van der Waals surface area contributed by atoms with Gasteiger partial charge in [0.25, 0.3) is 0 Å². The number of fused-ring (bicyclic) bond motifs is 6. The SMILES string of the molecule is COc1ccc(C2=CC3=C4C(=C5c6cccnc6N(C)C5(C)C3(C)S2)C(F)(F)C(F)(F)C4(F)F)cc1. The zero-order chi connectivity index (χ0) is 26.1. The van der Waals surface area contributed by atoms with E-state index in [9.17, 15) is 8.78 Å². The van der Waals surface area contributed by atoms with E-state index in [-0.39, 0.29) is 22.5 Å². The maximum atomic E-state index is 15.5. The molecular formula is C26H20F6N2OS. The maximum absolute atomic E-state index is 15.5. The number of hydrogen-bond acceptors (Lipinski definition) is 4. The zero-order valence-corrected chi connectivity index (χ0v) is 20.4. The van der Waals surface area contributed by atoms with E-state index in [1.54, 1.807) is 50.1 Å². The first kappa shape index (κ1) is 23.5. The first-order valence-electron chi connectivity index (χ1n) is 11.1. The number of methoxy groups -OCH3 is 1. The minimum atomic E-state index is -5.60. The molecule has 3 nitrogen and oxygen atoms in total. The first-order chi connectivity index (χ1) is 16.7. The van der Waals surface area contributed by atoms with Crippen LogP contribution in [0.2, 0.25) is 0 Å². The lowest BCUT2D eigenvalue weighted by Gasteiger charge is -2.51. The van der Waals surface area contributed by atoms with Crippen LogP contribution in [0.4, 0.5) is 32.2 Å². The summed E-state index contributed by atoms with van der Waals surface area (Å²) in [5, 5.41) is 0. The van der Waals surface area contributed by atoms with Crippen molar-refractivity contribution in [2.24, 2.45) is 0 Å². The van der Waals surface area contributed by atoms with Crippen LogP contribution < -0.4 is 9.64 Å². The van der Waals surface area contributed by atoms with Crippen molar-refractivity contribution in [3.05, 3.63) is 76.5 Å². The van der Waals surface area contributed by atoms with Crippen LogP contribution in [0.1, 0.15) is 25.0 Å². The molecule has 2 unspecified atom stereocenters. The lowest BCUT2D eigenvalue weighted by atomic mass is 9.66. The minimum absolute atomic E-state index is 0.155. The summed E-state index contributed by atoms with van der Waals surface area (Å²) in [6.45, 7) is 3.28. The van der Waals surface area contributed by atoms with Gasteiger partial charge < -0.3 is 9.64 Å². The molecule has 2 aliphatic carbocycles. The van der Waals surface area contributed by atoms with Crippen LogP contribution in [-0.2, 0) is 0 Å². The fraction of sp³-hybridized carbons (Fsp3) is 0.346. The molecule has 0 amide bonds. The van der Waals surface area contributed by atoms with Gasteiger partial charge >= 0.3 is 17.8 Å². The molecule has 36 heavy (non-hydrogen) atoms. The number of thioether (sulfide) groups is 1. The molecule has 3 heterocycles. The molecule has 10 heteroatoms. The van der Waals surface area contributed by atoms with Crippen LogP contribution >= 0.6 is 11.8 Å². The molecule has 6 rings (SSSR count). The largest absolute Gasteiger partial charge is 0.497 e. The van der Waals surface area contributed by atoms with E-state index < -0.39 is 39.2 Å². The van der Waals surface area contributed by atoms with E-state index in [2.05, 4.69) is 4.98 Å². The highest BCUT2D eigenvalue weighted by atomic mass is 32.2. The standard InChI is InChI=1S/C26H20F6N2OS/c1-22-18(15-6-5-11-33-21(15)34(22)3)20-19(24(27,28)26(31,32)25(20,29)30)16-12-17(36-23(16,22)2)13-7-9-14(35-4)10-8-13/h5-12H,1-4H3. The predicted octanol–water partition coefficient (Wildman–Crippen LogP) is 6.83. The van der Waals surface area contributed by atoms with Crippen molar-refractivity contribution in [3.63, 3.8) is 0 Å². The predicted molar refractivity (Wildman–Crippen MR) is 127 cm³/mol. The Hall–Kier alpha value is -2.88. The highest BCUT2D eigenvalue weighted by Crippen LogP contribution is 2.74. The second-order valence-corrected chi connectivity index (χ2v) is 11.1. The van der Waals surface area contributed by atoms with Crippen molar-refractivity contribution in [3.8, 4) is 5.75 Å². The van der Waals surface area contributed by atoms with Crippen molar-refractivity contribution in [1.82, 2.24) is 4.98 Å². The number of nitrogens with zero attached hydrogens (tertiary/aromatic N) is 2. The second-order valence-electron chi connectivity index (χ2n) is 9.64. The molecule has 1 saturated carbocycles. The van der Waals surface area contributed by atoms with Gasteiger partial charge in [-0.25, -0.2) is 4.98 Å². The normalized spacial score (nSPS) is 30.6. The minimum Gasteiger partial charge on any atom is -0.497 e. The lowest BCUT2D eigenvalue weighted by Crippen LogP contribution is -2.59. The topological polar surface area (TPSA) is 25.4 Å². The van der Waals surface area contributed by atoms with Gasteiger partial charge in [-0.05, 0) is 60.9 Å². The first-order valence-corrected chi connectivity index (χ1v) is 12.0. The summed E-state index contributed by atoms with van der Waals surface area (Å²) in [4.78, 5) is 6.45. The van der Waals surface area contributed by atoms with Crippen LogP contribution in [0.5, 0.6) is 5.75 Å². The molecule has 1 fully saturated rings. The van der Waals surface area contributed by atoms with E-state index in [4.69, 9.17) is 4.74 Å². The molecule has 0 bridgehead atoms. The van der Waals surface area contributed by atoms with Crippen LogP contribution in [0.3, 0.4) is 0 Å². The van der Waals surface area contributed by atoms with Gasteiger partial charge in [0.15, 0.2) is 0 Å². The van der Waals surface area contributed by atoms with E-state index in [1.807, 2.05) is 0 Å². The molecule has 0 spiro atoms. The van der Waals surface area contributed by atoms with Crippen LogP contribution in [0.25, 0.3) is 10.5 Å². The molecule has 1 aromatic carbocycles. The molecule has 2 aliphatic heterocycles. The van der Waals surface area contributed by atoms with Crippen molar-refractivity contribution >= 4 is 28.1 Å². The number of pyridine rings is 1. The third-order valence-corrected chi connectivity index (χ3v) is 9.72. The van der Waals surface area contributed by atoms with E-state index in [0.717, 1.165) is 0 Å². The highest BCUT2D eigenvalue weighted by Gasteiger charge is 2.84. The van der Waals surface area contributed by atoms with Gasteiger partial charge in [0, 0.05) is 34.9 Å². The fourth-order valence-electron chi connectivity index (χ4n) is 5.99. The van der Waals surface area contributed by atoms with Crippen molar-refractivity contribution in [2.45, 2.75) is 41.9 Å². The van der Waals surface area contributed by atoms with E-state index in [1.165, 1.54) is 43.3 Å². The summed E-state index contributed by atoms with van der Waals surface area (Å²) >= 11 is 1.20. The zero-order valence-electron chi connectivity index (χ0n) is 19.6. The Morgan fingerprint density at radius 1 is 0.889 bits per heavy atom. The van der Waals surface area contributed by atoms with E-state index in [0.29, 0.717) is 16.2 Å². The Bertz CT molecular complexity index is 1430. The second kappa shape index (κ2) is 6.70. The van der Waals surface area contributed by atoms with Crippen molar-refractivity contribution in [2.75, 3.05) is 19.1 Å². The number of benzene rings is 1. The summed E-state index contributed by atoms with van der Waals surface area (Å²) in [6.07, 6.45) is 2.82. The van der Waals surface area contributed by atoms with Crippen LogP contribution in [-0.4, -0.2) is 47.2 Å². The third-order valence-electron chi connectivity index (χ3n) is 8.12. The van der Waals surface area contributed by atoms with Gasteiger partial charge in [-0.2, -0.15) is 26.3 Å². The number of rotatable bonds is 2. The number of hydrogen-bond donors (Lipinski definition) is 0. The van der Waals surface area contributed by atoms with Gasteiger partial charge in [-0.15, -0.1) is 11.8 Å². The molecule has 0 saturated heterocycles. The van der Waals surface area contributed by atoms with Crippen LogP contribution in [0.15, 0.2) is 65.4 Å². The number of likely N-dealkylation sites (N-methyl/N-ethyl adjacent to an activating group) is 1. The Kier molecular flexibility index (Phi) is 4.38. The number of aromatic nitrogens is 1. The smallest absolute Gasteiger partial charge is 0.380 e. The Morgan fingerprint density at radius 3 is 2.17 bits per heavy atom. The van der Waals surface area contributed by atoms with Crippen LogP contribution in [0, 0.1) is 0 Å². The van der Waals surface area contributed by atoms with Gasteiger partial charge in [0.1, 0.15) is 11.6 Å². The van der Waals surface area contributed by atoms with Gasteiger partial charge in [-0.1, -0.05) is 12.1 Å². The quantitative estimate of drug-likeness (QED) is 0.404. The molecule has 1 aromatic heterocycles. The number of alkyl halides is 6. The molecule has 188 valence electrons. The fourth-order valence-corrected chi connectivity index (χ4v) is 7.57. The summed E-state index contributed by atoms with van der Waals surface area (Å²) in [5.41, 5.74) is -3.62. The Balaban J connectivity index is 1.72. The number of anilines is 1. The highest BCUT2D eigenvalue weighted by molar-refractivity contribution is 8.10. The van der Waals surface area contributed by atoms with Gasteiger partial charge in [0.05, 0.1) is 17.4 Å². The summed E-state index contributed by atoms with van der Waals surface area (Å²) in [6, 6.07) is 9.75. The molecule has 4 aliphatic rings. The monoisotopic (exact) mass is 522 g/mol. The summed E-state index contributed by atoms with van der Waals surface area (Å²) < 4.78 is 95.5. The Morgan fingerprint density at radius 2 is 1.53 bits per heavy atom. The molecule has 2 atom stereocenters.